The smallest absolute Gasteiger partial charge is 0.359 e. The number of nitrogens with one attached hydrogen (secondary N) is 1. The summed E-state index contributed by atoms with van der Waals surface area (Å²) in [7, 11) is 0. The van der Waals surface area contributed by atoms with Crippen molar-refractivity contribution in [2.75, 3.05) is 5.32 Å². The highest BCUT2D eigenvalue weighted by atomic mass is 35.5. The first-order chi connectivity index (χ1) is 10.1. The zero-order chi connectivity index (χ0) is 15.2. The molecule has 0 bridgehead atoms. The lowest BCUT2D eigenvalue weighted by Gasteiger charge is -2.13. The van der Waals surface area contributed by atoms with Gasteiger partial charge in [-0.05, 0) is 25.1 Å². The van der Waals surface area contributed by atoms with Crippen LogP contribution >= 0.6 is 11.6 Å². The number of carbonyl (C=O) groups is 2. The van der Waals surface area contributed by atoms with Crippen molar-refractivity contribution in [3.63, 3.8) is 0 Å². The molecule has 0 spiro atoms. The third-order valence-corrected chi connectivity index (χ3v) is 2.75. The Morgan fingerprint density at radius 3 is 2.81 bits per heavy atom. The average Bonchev–Trinajstić information content (AvgIpc) is 2.48. The molecular formula is C14H12ClN3O3. The summed E-state index contributed by atoms with van der Waals surface area (Å²) < 4.78 is 5.01. The molecule has 0 saturated carbocycles. The van der Waals surface area contributed by atoms with Gasteiger partial charge in [-0.25, -0.2) is 9.78 Å². The van der Waals surface area contributed by atoms with E-state index >= 15 is 0 Å². The Morgan fingerprint density at radius 2 is 2.14 bits per heavy atom. The van der Waals surface area contributed by atoms with Crippen molar-refractivity contribution in [3.8, 4) is 0 Å². The lowest BCUT2D eigenvalue weighted by Crippen LogP contribution is -2.30. The number of halogens is 1. The molecule has 108 valence electrons. The van der Waals surface area contributed by atoms with E-state index in [2.05, 4.69) is 15.3 Å². The lowest BCUT2D eigenvalue weighted by atomic mass is 10.3. The van der Waals surface area contributed by atoms with Gasteiger partial charge in [0.25, 0.3) is 5.91 Å². The normalized spacial score (nSPS) is 11.5. The van der Waals surface area contributed by atoms with Gasteiger partial charge in [0.15, 0.2) is 11.8 Å². The number of esters is 1. The Hall–Kier alpha value is -2.47. The van der Waals surface area contributed by atoms with Gasteiger partial charge in [0.05, 0.1) is 6.20 Å². The number of benzene rings is 1. The summed E-state index contributed by atoms with van der Waals surface area (Å²) in [6, 6.07) is 6.67. The minimum absolute atomic E-state index is 0.0416. The number of carbonyl (C=O) groups excluding carboxylic acids is 2. The number of rotatable bonds is 4. The highest BCUT2D eigenvalue weighted by molar-refractivity contribution is 6.30. The van der Waals surface area contributed by atoms with Gasteiger partial charge in [-0.3, -0.25) is 9.78 Å². The predicted octanol–water partition coefficient (Wildman–Crippen LogP) is 2.31. The summed E-state index contributed by atoms with van der Waals surface area (Å²) in [4.78, 5) is 31.2. The van der Waals surface area contributed by atoms with E-state index < -0.39 is 18.0 Å². The van der Waals surface area contributed by atoms with Crippen LogP contribution in [-0.2, 0) is 9.53 Å². The van der Waals surface area contributed by atoms with Crippen LogP contribution in [0.25, 0.3) is 0 Å². The molecule has 1 aromatic heterocycles. The number of anilines is 1. The Labute approximate surface area is 126 Å². The van der Waals surface area contributed by atoms with Gasteiger partial charge in [-0.2, -0.15) is 0 Å². The van der Waals surface area contributed by atoms with Crippen LogP contribution in [0, 0.1) is 0 Å². The zero-order valence-corrected chi connectivity index (χ0v) is 11.9. The largest absolute Gasteiger partial charge is 0.448 e. The van der Waals surface area contributed by atoms with Gasteiger partial charge in [0.2, 0.25) is 0 Å². The van der Waals surface area contributed by atoms with E-state index in [9.17, 15) is 9.59 Å². The number of aromatic nitrogens is 2. The summed E-state index contributed by atoms with van der Waals surface area (Å²) >= 11 is 5.82. The molecule has 2 aromatic rings. The molecule has 0 aliphatic rings. The Morgan fingerprint density at radius 1 is 1.33 bits per heavy atom. The lowest BCUT2D eigenvalue weighted by molar-refractivity contribution is -0.123. The Kier molecular flexibility index (Phi) is 4.84. The van der Waals surface area contributed by atoms with E-state index in [0.29, 0.717) is 10.7 Å². The second kappa shape index (κ2) is 6.81. The summed E-state index contributed by atoms with van der Waals surface area (Å²) in [5.41, 5.74) is 0.565. The summed E-state index contributed by atoms with van der Waals surface area (Å²) in [6.07, 6.45) is 3.10. The summed E-state index contributed by atoms with van der Waals surface area (Å²) in [6.45, 7) is 1.47. The molecule has 0 aliphatic carbocycles. The van der Waals surface area contributed by atoms with E-state index in [0.717, 1.165) is 0 Å². The predicted molar refractivity (Wildman–Crippen MR) is 77.0 cm³/mol. The molecule has 2 rings (SSSR count). The highest BCUT2D eigenvalue weighted by Crippen LogP contribution is 2.15. The van der Waals surface area contributed by atoms with Crippen molar-refractivity contribution >= 4 is 29.2 Å². The van der Waals surface area contributed by atoms with E-state index in [1.807, 2.05) is 0 Å². The zero-order valence-electron chi connectivity index (χ0n) is 11.1. The molecule has 1 N–H and O–H groups in total. The van der Waals surface area contributed by atoms with Gasteiger partial charge < -0.3 is 10.1 Å². The number of nitrogens with zero attached hydrogens (tertiary/aromatic N) is 2. The van der Waals surface area contributed by atoms with Gasteiger partial charge in [-0.1, -0.05) is 17.7 Å². The third kappa shape index (κ3) is 4.25. The third-order valence-electron chi connectivity index (χ3n) is 2.52. The van der Waals surface area contributed by atoms with Crippen LogP contribution in [0.4, 0.5) is 5.69 Å². The molecule has 1 heterocycles. The average molecular weight is 306 g/mol. The van der Waals surface area contributed by atoms with Crippen molar-refractivity contribution in [1.82, 2.24) is 9.97 Å². The standard InChI is InChI=1S/C14H12ClN3O3/c1-9(21-14(20)12-8-16-5-6-17-12)13(19)18-11-4-2-3-10(15)7-11/h2-9H,1H3,(H,18,19)/t9-/m0/s1. The number of ether oxygens (including phenoxy) is 1. The molecule has 0 saturated heterocycles. The first-order valence-corrected chi connectivity index (χ1v) is 6.47. The number of hydrogen-bond acceptors (Lipinski definition) is 5. The highest BCUT2D eigenvalue weighted by Gasteiger charge is 2.19. The van der Waals surface area contributed by atoms with Crippen LogP contribution in [0.15, 0.2) is 42.9 Å². The number of amides is 1. The van der Waals surface area contributed by atoms with Crippen LogP contribution in [0.1, 0.15) is 17.4 Å². The molecule has 1 aromatic carbocycles. The van der Waals surface area contributed by atoms with Crippen LogP contribution in [0.2, 0.25) is 5.02 Å². The fourth-order valence-electron chi connectivity index (χ4n) is 1.49. The van der Waals surface area contributed by atoms with E-state index in [4.69, 9.17) is 16.3 Å². The first kappa shape index (κ1) is 14.9. The second-order valence-electron chi connectivity index (χ2n) is 4.14. The van der Waals surface area contributed by atoms with Crippen molar-refractivity contribution in [1.29, 1.82) is 0 Å². The van der Waals surface area contributed by atoms with Crippen molar-refractivity contribution < 1.29 is 14.3 Å². The molecule has 0 fully saturated rings. The van der Waals surface area contributed by atoms with Gasteiger partial charge in [0, 0.05) is 23.1 Å². The molecule has 1 amide bonds. The molecule has 6 nitrogen and oxygen atoms in total. The molecular weight excluding hydrogens is 294 g/mol. The molecule has 21 heavy (non-hydrogen) atoms. The SMILES string of the molecule is C[C@H](OC(=O)c1cnccn1)C(=O)Nc1cccc(Cl)c1. The molecule has 0 radical (unpaired) electrons. The Bertz CT molecular complexity index is 649. The minimum atomic E-state index is -0.974. The molecule has 1 atom stereocenters. The number of hydrogen-bond donors (Lipinski definition) is 1. The summed E-state index contributed by atoms with van der Waals surface area (Å²) in [5.74, 6) is -1.17. The maximum absolute atomic E-state index is 11.9. The quantitative estimate of drug-likeness (QED) is 0.877. The molecule has 7 heteroatoms. The van der Waals surface area contributed by atoms with Gasteiger partial charge in [-0.15, -0.1) is 0 Å². The van der Waals surface area contributed by atoms with Crippen LogP contribution in [0.5, 0.6) is 0 Å². The monoisotopic (exact) mass is 305 g/mol. The van der Waals surface area contributed by atoms with E-state index in [1.54, 1.807) is 24.3 Å². The van der Waals surface area contributed by atoms with Crippen molar-refractivity contribution in [3.05, 3.63) is 53.6 Å². The van der Waals surface area contributed by atoms with Gasteiger partial charge >= 0.3 is 5.97 Å². The second-order valence-corrected chi connectivity index (χ2v) is 4.57. The molecule has 0 aliphatic heterocycles. The van der Waals surface area contributed by atoms with Crippen LogP contribution in [0.3, 0.4) is 0 Å². The molecule has 0 unspecified atom stereocenters. The first-order valence-electron chi connectivity index (χ1n) is 6.09. The maximum atomic E-state index is 11.9. The summed E-state index contributed by atoms with van der Waals surface area (Å²) in [5, 5.41) is 3.10. The fraction of sp³-hybridized carbons (Fsp3) is 0.143. The Balaban J connectivity index is 1.95. The minimum Gasteiger partial charge on any atom is -0.448 e. The van der Waals surface area contributed by atoms with Crippen molar-refractivity contribution in [2.24, 2.45) is 0 Å². The topological polar surface area (TPSA) is 81.2 Å². The maximum Gasteiger partial charge on any atom is 0.359 e. The fourth-order valence-corrected chi connectivity index (χ4v) is 1.68. The van der Waals surface area contributed by atoms with E-state index in [1.165, 1.54) is 25.5 Å². The van der Waals surface area contributed by atoms with Crippen LogP contribution in [-0.4, -0.2) is 27.9 Å². The van der Waals surface area contributed by atoms with E-state index in [-0.39, 0.29) is 5.69 Å². The van der Waals surface area contributed by atoms with Gasteiger partial charge in [0.1, 0.15) is 0 Å². The van der Waals surface area contributed by atoms with Crippen molar-refractivity contribution in [2.45, 2.75) is 13.0 Å². The van der Waals surface area contributed by atoms with Crippen LogP contribution < -0.4 is 5.32 Å².